The SMILES string of the molecule is CCc1ccccc1C(Cc1ccccc1Br)NN. The van der Waals surface area contributed by atoms with Gasteiger partial charge in [-0.05, 0) is 35.6 Å². The molecule has 0 radical (unpaired) electrons. The third kappa shape index (κ3) is 3.44. The van der Waals surface area contributed by atoms with Crippen LogP contribution in [-0.2, 0) is 12.8 Å². The molecule has 2 aromatic rings. The molecule has 2 nitrogen and oxygen atoms in total. The number of hydrazine groups is 1. The molecule has 0 fully saturated rings. The Morgan fingerprint density at radius 3 is 2.32 bits per heavy atom. The highest BCUT2D eigenvalue weighted by Gasteiger charge is 2.14. The maximum absolute atomic E-state index is 5.76. The summed E-state index contributed by atoms with van der Waals surface area (Å²) in [7, 11) is 0. The molecular formula is C16H19BrN2. The van der Waals surface area contributed by atoms with Crippen LogP contribution in [0.3, 0.4) is 0 Å². The zero-order chi connectivity index (χ0) is 13.7. The van der Waals surface area contributed by atoms with Crippen LogP contribution < -0.4 is 11.3 Å². The highest BCUT2D eigenvalue weighted by Crippen LogP contribution is 2.25. The van der Waals surface area contributed by atoms with Gasteiger partial charge in [-0.2, -0.15) is 0 Å². The zero-order valence-electron chi connectivity index (χ0n) is 11.1. The number of hydrogen-bond donors (Lipinski definition) is 2. The van der Waals surface area contributed by atoms with Crippen LogP contribution >= 0.6 is 15.9 Å². The molecule has 1 unspecified atom stereocenters. The van der Waals surface area contributed by atoms with E-state index in [1.165, 1.54) is 16.7 Å². The molecule has 3 N–H and O–H groups in total. The lowest BCUT2D eigenvalue weighted by atomic mass is 9.94. The van der Waals surface area contributed by atoms with Gasteiger partial charge in [0.15, 0.2) is 0 Å². The molecule has 0 bridgehead atoms. The van der Waals surface area contributed by atoms with Gasteiger partial charge in [0.1, 0.15) is 0 Å². The first-order chi connectivity index (χ1) is 9.26. The van der Waals surface area contributed by atoms with Crippen LogP contribution in [-0.4, -0.2) is 0 Å². The molecule has 0 spiro atoms. The number of nitrogens with one attached hydrogen (secondary N) is 1. The Morgan fingerprint density at radius 2 is 1.68 bits per heavy atom. The molecule has 2 aromatic carbocycles. The summed E-state index contributed by atoms with van der Waals surface area (Å²) in [6.07, 6.45) is 1.89. The van der Waals surface area contributed by atoms with Gasteiger partial charge < -0.3 is 0 Å². The number of hydrogen-bond acceptors (Lipinski definition) is 2. The third-order valence-electron chi connectivity index (χ3n) is 3.39. The van der Waals surface area contributed by atoms with Gasteiger partial charge >= 0.3 is 0 Å². The highest BCUT2D eigenvalue weighted by molar-refractivity contribution is 9.10. The minimum absolute atomic E-state index is 0.134. The average Bonchev–Trinajstić information content (AvgIpc) is 2.46. The third-order valence-corrected chi connectivity index (χ3v) is 4.17. The van der Waals surface area contributed by atoms with Crippen LogP contribution in [0.2, 0.25) is 0 Å². The van der Waals surface area contributed by atoms with E-state index in [2.05, 4.69) is 70.7 Å². The van der Waals surface area contributed by atoms with Crippen LogP contribution in [0.25, 0.3) is 0 Å². The minimum Gasteiger partial charge on any atom is -0.271 e. The van der Waals surface area contributed by atoms with E-state index in [1.807, 2.05) is 6.07 Å². The Labute approximate surface area is 123 Å². The molecule has 0 saturated carbocycles. The average molecular weight is 319 g/mol. The van der Waals surface area contributed by atoms with Crippen molar-refractivity contribution in [3.05, 3.63) is 69.7 Å². The Morgan fingerprint density at radius 1 is 1.05 bits per heavy atom. The minimum atomic E-state index is 0.134. The highest BCUT2D eigenvalue weighted by atomic mass is 79.9. The van der Waals surface area contributed by atoms with E-state index >= 15 is 0 Å². The number of benzene rings is 2. The Hall–Kier alpha value is -1.16. The molecule has 3 heteroatoms. The lowest BCUT2D eigenvalue weighted by Gasteiger charge is -2.20. The molecule has 19 heavy (non-hydrogen) atoms. The topological polar surface area (TPSA) is 38.0 Å². The van der Waals surface area contributed by atoms with E-state index in [1.54, 1.807) is 0 Å². The first-order valence-corrected chi connectivity index (χ1v) is 7.33. The van der Waals surface area contributed by atoms with Crippen molar-refractivity contribution in [2.75, 3.05) is 0 Å². The predicted molar refractivity (Wildman–Crippen MR) is 83.7 cm³/mol. The van der Waals surface area contributed by atoms with E-state index in [4.69, 9.17) is 5.84 Å². The van der Waals surface area contributed by atoms with Gasteiger partial charge in [0, 0.05) is 4.47 Å². The second-order valence-electron chi connectivity index (χ2n) is 4.57. The van der Waals surface area contributed by atoms with Crippen molar-refractivity contribution >= 4 is 15.9 Å². The lowest BCUT2D eigenvalue weighted by molar-refractivity contribution is 0.547. The summed E-state index contributed by atoms with van der Waals surface area (Å²) >= 11 is 3.59. The first kappa shape index (κ1) is 14.3. The standard InChI is InChI=1S/C16H19BrN2/c1-2-12-7-3-5-9-14(12)16(19-18)11-13-8-4-6-10-15(13)17/h3-10,16,19H,2,11,18H2,1H3. The van der Waals surface area contributed by atoms with Crippen LogP contribution in [0.1, 0.15) is 29.7 Å². The van der Waals surface area contributed by atoms with Crippen molar-refractivity contribution in [1.29, 1.82) is 0 Å². The normalized spacial score (nSPS) is 12.4. The zero-order valence-corrected chi connectivity index (χ0v) is 12.7. The van der Waals surface area contributed by atoms with Crippen molar-refractivity contribution in [2.45, 2.75) is 25.8 Å². The first-order valence-electron chi connectivity index (χ1n) is 6.53. The molecule has 1 atom stereocenters. The quantitative estimate of drug-likeness (QED) is 0.650. The largest absolute Gasteiger partial charge is 0.271 e. The van der Waals surface area contributed by atoms with E-state index in [0.29, 0.717) is 0 Å². The summed E-state index contributed by atoms with van der Waals surface area (Å²) in [6, 6.07) is 16.9. The Kier molecular flexibility index (Phi) is 5.14. The molecular weight excluding hydrogens is 300 g/mol. The fourth-order valence-corrected chi connectivity index (χ4v) is 2.79. The van der Waals surface area contributed by atoms with E-state index < -0.39 is 0 Å². The van der Waals surface area contributed by atoms with Crippen molar-refractivity contribution in [3.63, 3.8) is 0 Å². The predicted octanol–water partition coefficient (Wildman–Crippen LogP) is 3.76. The number of rotatable bonds is 5. The second kappa shape index (κ2) is 6.85. The molecule has 0 aromatic heterocycles. The van der Waals surface area contributed by atoms with E-state index in [9.17, 15) is 0 Å². The van der Waals surface area contributed by atoms with Gasteiger partial charge in [-0.1, -0.05) is 65.3 Å². The van der Waals surface area contributed by atoms with E-state index in [-0.39, 0.29) is 6.04 Å². The number of nitrogens with two attached hydrogens (primary N) is 1. The summed E-state index contributed by atoms with van der Waals surface area (Å²) in [5.74, 6) is 5.76. The lowest BCUT2D eigenvalue weighted by Crippen LogP contribution is -2.30. The number of halogens is 1. The van der Waals surface area contributed by atoms with Gasteiger partial charge in [-0.3, -0.25) is 11.3 Å². The molecule has 0 aliphatic heterocycles. The maximum Gasteiger partial charge on any atom is 0.0503 e. The monoisotopic (exact) mass is 318 g/mol. The fraction of sp³-hybridized carbons (Fsp3) is 0.250. The Bertz CT molecular complexity index is 540. The number of aryl methyl sites for hydroxylation is 1. The van der Waals surface area contributed by atoms with Gasteiger partial charge in [0.25, 0.3) is 0 Å². The van der Waals surface area contributed by atoms with Crippen molar-refractivity contribution < 1.29 is 0 Å². The molecule has 100 valence electrons. The molecule has 0 saturated heterocycles. The summed E-state index contributed by atoms with van der Waals surface area (Å²) in [5.41, 5.74) is 6.83. The van der Waals surface area contributed by atoms with Crippen molar-refractivity contribution in [2.24, 2.45) is 5.84 Å². The van der Waals surface area contributed by atoms with Crippen LogP contribution in [0.5, 0.6) is 0 Å². The van der Waals surface area contributed by atoms with Crippen molar-refractivity contribution in [3.8, 4) is 0 Å². The second-order valence-corrected chi connectivity index (χ2v) is 5.42. The molecule has 0 heterocycles. The van der Waals surface area contributed by atoms with Gasteiger partial charge in [0.05, 0.1) is 6.04 Å². The van der Waals surface area contributed by atoms with Gasteiger partial charge in [-0.25, -0.2) is 0 Å². The fourth-order valence-electron chi connectivity index (χ4n) is 2.34. The molecule has 0 aliphatic carbocycles. The molecule has 0 aliphatic rings. The Balaban J connectivity index is 2.28. The summed E-state index contributed by atoms with van der Waals surface area (Å²) < 4.78 is 1.13. The van der Waals surface area contributed by atoms with Gasteiger partial charge in [0.2, 0.25) is 0 Å². The van der Waals surface area contributed by atoms with Crippen molar-refractivity contribution in [1.82, 2.24) is 5.43 Å². The summed E-state index contributed by atoms with van der Waals surface area (Å²) in [5, 5.41) is 0. The van der Waals surface area contributed by atoms with Crippen LogP contribution in [0.15, 0.2) is 53.0 Å². The summed E-state index contributed by atoms with van der Waals surface area (Å²) in [4.78, 5) is 0. The summed E-state index contributed by atoms with van der Waals surface area (Å²) in [6.45, 7) is 2.17. The van der Waals surface area contributed by atoms with Crippen LogP contribution in [0.4, 0.5) is 0 Å². The molecule has 0 amide bonds. The molecule has 2 rings (SSSR count). The van der Waals surface area contributed by atoms with E-state index in [0.717, 1.165) is 17.3 Å². The smallest absolute Gasteiger partial charge is 0.0503 e. The van der Waals surface area contributed by atoms with Gasteiger partial charge in [-0.15, -0.1) is 0 Å². The van der Waals surface area contributed by atoms with Crippen LogP contribution in [0, 0.1) is 0 Å². The maximum atomic E-state index is 5.76.